The lowest BCUT2D eigenvalue weighted by molar-refractivity contribution is 0.0950. The maximum absolute atomic E-state index is 11.6. The molecule has 1 aliphatic rings. The molecular weight excluding hydrogens is 180 g/mol. The van der Waals surface area contributed by atoms with Crippen molar-refractivity contribution in [1.29, 1.82) is 0 Å². The summed E-state index contributed by atoms with van der Waals surface area (Å²) in [5.41, 5.74) is 6.14. The molecule has 2 rings (SSSR count). The minimum absolute atomic E-state index is 0.120. The fraction of sp³-hybridized carbons (Fsp3) is 0.556. The lowest BCUT2D eigenvalue weighted by Crippen LogP contribution is -2.27. The summed E-state index contributed by atoms with van der Waals surface area (Å²) in [4.78, 5) is 11.6. The molecule has 5 nitrogen and oxygen atoms in total. The van der Waals surface area contributed by atoms with Crippen LogP contribution in [0.5, 0.6) is 0 Å². The maximum Gasteiger partial charge on any atom is 0.256 e. The van der Waals surface area contributed by atoms with Crippen molar-refractivity contribution in [3.05, 3.63) is 11.8 Å². The number of aryl methyl sites for hydroxylation is 1. The number of hydrogen-bond donors (Lipinski definition) is 2. The van der Waals surface area contributed by atoms with Crippen LogP contribution in [0.15, 0.2) is 6.20 Å². The smallest absolute Gasteiger partial charge is 0.256 e. The van der Waals surface area contributed by atoms with Crippen LogP contribution in [0, 0.1) is 5.92 Å². The second-order valence-corrected chi connectivity index (χ2v) is 3.86. The van der Waals surface area contributed by atoms with Crippen molar-refractivity contribution < 1.29 is 4.79 Å². The number of hydrogen-bond acceptors (Lipinski definition) is 3. The third-order valence-electron chi connectivity index (χ3n) is 2.66. The fourth-order valence-electron chi connectivity index (χ4n) is 1.39. The van der Waals surface area contributed by atoms with Crippen molar-refractivity contribution >= 4 is 11.7 Å². The van der Waals surface area contributed by atoms with E-state index in [0.29, 0.717) is 23.3 Å². The number of amides is 1. The van der Waals surface area contributed by atoms with E-state index in [-0.39, 0.29) is 5.91 Å². The monoisotopic (exact) mass is 194 g/mol. The lowest BCUT2D eigenvalue weighted by atomic mass is 10.3. The topological polar surface area (TPSA) is 72.9 Å². The van der Waals surface area contributed by atoms with Gasteiger partial charge in [-0.3, -0.25) is 9.48 Å². The lowest BCUT2D eigenvalue weighted by Gasteiger charge is -2.02. The fourth-order valence-corrected chi connectivity index (χ4v) is 1.39. The first-order chi connectivity index (χ1) is 6.59. The predicted octanol–water partition coefficient (Wildman–Crippen LogP) is 0.140. The molecule has 3 N–H and O–H groups in total. The Bertz CT molecular complexity index is 371. The summed E-state index contributed by atoms with van der Waals surface area (Å²) in [6, 6.07) is 0.321. The summed E-state index contributed by atoms with van der Waals surface area (Å²) in [5, 5.41) is 6.82. The largest absolute Gasteiger partial charge is 0.383 e. The number of aromatic nitrogens is 2. The van der Waals surface area contributed by atoms with E-state index >= 15 is 0 Å². The number of nitrogens with one attached hydrogen (secondary N) is 1. The van der Waals surface area contributed by atoms with Gasteiger partial charge in [-0.1, -0.05) is 6.92 Å². The molecular formula is C9H14N4O. The van der Waals surface area contributed by atoms with E-state index in [1.165, 1.54) is 10.9 Å². The third-order valence-corrected chi connectivity index (χ3v) is 2.66. The van der Waals surface area contributed by atoms with E-state index in [2.05, 4.69) is 17.3 Å². The van der Waals surface area contributed by atoms with Gasteiger partial charge >= 0.3 is 0 Å². The zero-order chi connectivity index (χ0) is 10.3. The molecule has 0 radical (unpaired) electrons. The molecule has 1 aromatic heterocycles. The minimum atomic E-state index is -0.120. The number of anilines is 1. The van der Waals surface area contributed by atoms with Gasteiger partial charge in [-0.05, 0) is 12.3 Å². The highest BCUT2D eigenvalue weighted by Gasteiger charge is 2.34. The first-order valence-corrected chi connectivity index (χ1v) is 4.68. The number of nitrogens with zero attached hydrogens (tertiary/aromatic N) is 2. The summed E-state index contributed by atoms with van der Waals surface area (Å²) in [6.45, 7) is 2.11. The van der Waals surface area contributed by atoms with Gasteiger partial charge in [-0.15, -0.1) is 0 Å². The van der Waals surface area contributed by atoms with Gasteiger partial charge in [-0.25, -0.2) is 0 Å². The number of nitrogens with two attached hydrogens (primary N) is 1. The van der Waals surface area contributed by atoms with Crippen LogP contribution in [0.3, 0.4) is 0 Å². The summed E-state index contributed by atoms with van der Waals surface area (Å²) < 4.78 is 1.49. The van der Waals surface area contributed by atoms with Crippen molar-refractivity contribution in [2.75, 3.05) is 5.73 Å². The number of nitrogen functional groups attached to an aromatic ring is 1. The minimum Gasteiger partial charge on any atom is -0.383 e. The Hall–Kier alpha value is -1.52. The van der Waals surface area contributed by atoms with Crippen LogP contribution in [-0.4, -0.2) is 21.7 Å². The highest BCUT2D eigenvalue weighted by molar-refractivity contribution is 5.98. The van der Waals surface area contributed by atoms with E-state index in [4.69, 9.17) is 5.73 Å². The Labute approximate surface area is 82.3 Å². The quantitative estimate of drug-likeness (QED) is 0.703. The van der Waals surface area contributed by atoms with Gasteiger partial charge < -0.3 is 11.1 Å². The molecule has 0 bridgehead atoms. The van der Waals surface area contributed by atoms with Crippen molar-refractivity contribution in [2.24, 2.45) is 13.0 Å². The second kappa shape index (κ2) is 3.01. The van der Waals surface area contributed by atoms with Crippen molar-refractivity contribution in [3.63, 3.8) is 0 Å². The Kier molecular flexibility index (Phi) is 1.94. The van der Waals surface area contributed by atoms with E-state index in [9.17, 15) is 4.79 Å². The van der Waals surface area contributed by atoms with E-state index in [0.717, 1.165) is 6.42 Å². The molecule has 1 fully saturated rings. The van der Waals surface area contributed by atoms with E-state index in [1.807, 2.05) is 0 Å². The molecule has 0 aromatic carbocycles. The molecule has 76 valence electrons. The first kappa shape index (κ1) is 9.05. The van der Waals surface area contributed by atoms with E-state index in [1.54, 1.807) is 7.05 Å². The first-order valence-electron chi connectivity index (χ1n) is 4.68. The number of carbonyl (C=O) groups is 1. The zero-order valence-corrected chi connectivity index (χ0v) is 8.32. The summed E-state index contributed by atoms with van der Waals surface area (Å²) in [5.74, 6) is 0.887. The summed E-state index contributed by atoms with van der Waals surface area (Å²) in [6.07, 6.45) is 2.56. The van der Waals surface area contributed by atoms with Crippen molar-refractivity contribution in [1.82, 2.24) is 15.1 Å². The molecule has 0 spiro atoms. The Morgan fingerprint density at radius 3 is 2.86 bits per heavy atom. The van der Waals surface area contributed by atoms with Gasteiger partial charge in [0, 0.05) is 13.1 Å². The average Bonchev–Trinajstić information content (AvgIpc) is 2.70. The molecule has 2 unspecified atom stereocenters. The van der Waals surface area contributed by atoms with Gasteiger partial charge in [0.25, 0.3) is 5.91 Å². The molecule has 0 saturated heterocycles. The average molecular weight is 194 g/mol. The number of rotatable bonds is 2. The molecule has 5 heteroatoms. The molecule has 1 amide bonds. The highest BCUT2D eigenvalue weighted by Crippen LogP contribution is 2.29. The van der Waals surface area contributed by atoms with Crippen LogP contribution >= 0.6 is 0 Å². The number of carbonyl (C=O) groups excluding carboxylic acids is 1. The summed E-state index contributed by atoms with van der Waals surface area (Å²) >= 11 is 0. The van der Waals surface area contributed by atoms with Gasteiger partial charge in [-0.2, -0.15) is 5.10 Å². The Morgan fingerprint density at radius 1 is 1.79 bits per heavy atom. The highest BCUT2D eigenvalue weighted by atomic mass is 16.1. The maximum atomic E-state index is 11.6. The van der Waals surface area contributed by atoms with Crippen LogP contribution < -0.4 is 11.1 Å². The van der Waals surface area contributed by atoms with Crippen LogP contribution in [0.4, 0.5) is 5.82 Å². The summed E-state index contributed by atoms with van der Waals surface area (Å²) in [7, 11) is 1.71. The van der Waals surface area contributed by atoms with Crippen molar-refractivity contribution in [3.8, 4) is 0 Å². The standard InChI is InChI=1S/C9H14N4O/c1-5-3-7(5)12-9(14)6-4-11-13(2)8(6)10/h4-5,7H,3,10H2,1-2H3,(H,12,14). The molecule has 1 aromatic rings. The molecule has 0 aliphatic heterocycles. The van der Waals surface area contributed by atoms with Gasteiger partial charge in [0.2, 0.25) is 0 Å². The Balaban J connectivity index is 2.07. The van der Waals surface area contributed by atoms with E-state index < -0.39 is 0 Å². The van der Waals surface area contributed by atoms with Gasteiger partial charge in [0.05, 0.1) is 6.20 Å². The third kappa shape index (κ3) is 1.45. The molecule has 1 heterocycles. The van der Waals surface area contributed by atoms with Crippen LogP contribution in [0.1, 0.15) is 23.7 Å². The normalized spacial score (nSPS) is 24.7. The zero-order valence-electron chi connectivity index (χ0n) is 8.32. The molecule has 14 heavy (non-hydrogen) atoms. The SMILES string of the molecule is CC1CC1NC(=O)c1cnn(C)c1N. The molecule has 1 saturated carbocycles. The Morgan fingerprint density at radius 2 is 2.43 bits per heavy atom. The second-order valence-electron chi connectivity index (χ2n) is 3.86. The predicted molar refractivity (Wildman–Crippen MR) is 52.7 cm³/mol. The van der Waals surface area contributed by atoms with Gasteiger partial charge in [0.15, 0.2) is 0 Å². The van der Waals surface area contributed by atoms with Crippen molar-refractivity contribution in [2.45, 2.75) is 19.4 Å². The van der Waals surface area contributed by atoms with Crippen LogP contribution in [0.2, 0.25) is 0 Å². The van der Waals surface area contributed by atoms with Crippen LogP contribution in [0.25, 0.3) is 0 Å². The van der Waals surface area contributed by atoms with Crippen LogP contribution in [-0.2, 0) is 7.05 Å². The van der Waals surface area contributed by atoms with Gasteiger partial charge in [0.1, 0.15) is 11.4 Å². The molecule has 2 atom stereocenters. The molecule has 1 aliphatic carbocycles.